The highest BCUT2D eigenvalue weighted by Crippen LogP contribution is 2.50. The smallest absolute Gasteiger partial charge is 0.164 e. The van der Waals surface area contributed by atoms with E-state index in [0.717, 1.165) is 61.6 Å². The molecule has 242 valence electrons. The van der Waals surface area contributed by atoms with Crippen molar-refractivity contribution in [2.45, 2.75) is 6.42 Å². The summed E-state index contributed by atoms with van der Waals surface area (Å²) in [6.45, 7) is 0. The highest BCUT2D eigenvalue weighted by Gasteiger charge is 2.24. The van der Waals surface area contributed by atoms with Gasteiger partial charge in [0.05, 0.1) is 0 Å². The van der Waals surface area contributed by atoms with Crippen molar-refractivity contribution < 1.29 is 4.42 Å². The van der Waals surface area contributed by atoms with Gasteiger partial charge in [-0.3, -0.25) is 0 Å². The lowest BCUT2D eigenvalue weighted by Gasteiger charge is -2.11. The van der Waals surface area contributed by atoms with Gasteiger partial charge in [-0.15, -0.1) is 0 Å². The van der Waals surface area contributed by atoms with Gasteiger partial charge in [-0.25, -0.2) is 15.0 Å². The minimum absolute atomic E-state index is 0.619. The Kier molecular flexibility index (Phi) is 6.28. The van der Waals surface area contributed by atoms with Crippen LogP contribution in [0.15, 0.2) is 168 Å². The standard InChI is InChI=1S/C48H29N3O/c1-2-4-14-30(13-3-1)46-49-47(32-25-24-29-12-5-6-15-31(29)28-32)51-48(50-46)41-22-11-23-42-44(41)40-21-10-20-39(45(40)52-42)35-26-27-38-34-17-8-7-16-33(34)36-18-9-19-37(35)43(36)38/h1-13,15-28H,14H2. The molecule has 52 heavy (non-hydrogen) atoms. The zero-order chi connectivity index (χ0) is 34.2. The average Bonchev–Trinajstić information content (AvgIpc) is 3.61. The second-order valence-electron chi connectivity index (χ2n) is 13.5. The fourth-order valence-electron chi connectivity index (χ4n) is 8.13. The first-order chi connectivity index (χ1) is 25.8. The van der Waals surface area contributed by atoms with Gasteiger partial charge in [0.15, 0.2) is 17.5 Å². The third-order valence-corrected chi connectivity index (χ3v) is 10.5. The Bertz CT molecular complexity index is 3020. The molecule has 9 aromatic rings. The van der Waals surface area contributed by atoms with E-state index in [2.05, 4.69) is 140 Å². The number of nitrogens with zero attached hydrogens (tertiary/aromatic N) is 3. The van der Waals surface area contributed by atoms with Crippen molar-refractivity contribution in [2.24, 2.45) is 0 Å². The number of aromatic nitrogens is 3. The molecule has 2 aromatic heterocycles. The third-order valence-electron chi connectivity index (χ3n) is 10.5. The van der Waals surface area contributed by atoms with Gasteiger partial charge >= 0.3 is 0 Å². The van der Waals surface area contributed by atoms with E-state index in [0.29, 0.717) is 17.5 Å². The molecule has 0 atom stereocenters. The van der Waals surface area contributed by atoms with Crippen molar-refractivity contribution in [1.82, 2.24) is 15.0 Å². The summed E-state index contributed by atoms with van der Waals surface area (Å²) < 4.78 is 6.81. The first-order valence-electron chi connectivity index (χ1n) is 17.7. The zero-order valence-corrected chi connectivity index (χ0v) is 28.0. The van der Waals surface area contributed by atoms with Crippen molar-refractivity contribution in [1.29, 1.82) is 0 Å². The maximum absolute atomic E-state index is 6.81. The number of rotatable bonds is 4. The predicted octanol–water partition coefficient (Wildman–Crippen LogP) is 12.6. The molecular weight excluding hydrogens is 635 g/mol. The van der Waals surface area contributed by atoms with Crippen molar-refractivity contribution in [3.63, 3.8) is 0 Å². The molecule has 0 spiro atoms. The zero-order valence-electron chi connectivity index (χ0n) is 28.0. The fourth-order valence-corrected chi connectivity index (χ4v) is 8.13. The van der Waals surface area contributed by atoms with E-state index in [4.69, 9.17) is 19.4 Å². The van der Waals surface area contributed by atoms with E-state index in [-0.39, 0.29) is 0 Å². The van der Waals surface area contributed by atoms with Crippen LogP contribution >= 0.6 is 0 Å². The van der Waals surface area contributed by atoms with Gasteiger partial charge in [-0.2, -0.15) is 0 Å². The minimum Gasteiger partial charge on any atom is -0.455 e. The van der Waals surface area contributed by atoms with Crippen LogP contribution in [-0.2, 0) is 0 Å². The van der Waals surface area contributed by atoms with E-state index in [1.54, 1.807) is 0 Å². The molecule has 11 rings (SSSR count). The molecule has 0 saturated heterocycles. The highest BCUT2D eigenvalue weighted by atomic mass is 16.3. The van der Waals surface area contributed by atoms with E-state index < -0.39 is 0 Å². The Labute approximate surface area is 299 Å². The van der Waals surface area contributed by atoms with Crippen LogP contribution in [0.3, 0.4) is 0 Å². The molecule has 7 aromatic carbocycles. The topological polar surface area (TPSA) is 51.8 Å². The summed E-state index contributed by atoms with van der Waals surface area (Å²) in [5, 5.41) is 6.87. The Morgan fingerprint density at radius 3 is 2.04 bits per heavy atom. The molecule has 0 saturated carbocycles. The van der Waals surface area contributed by atoms with Gasteiger partial charge in [-0.05, 0) is 67.9 Å². The van der Waals surface area contributed by atoms with Crippen LogP contribution in [-0.4, -0.2) is 15.0 Å². The summed E-state index contributed by atoms with van der Waals surface area (Å²) in [7, 11) is 0. The lowest BCUT2D eigenvalue weighted by molar-refractivity contribution is 0.670. The lowest BCUT2D eigenvalue weighted by atomic mass is 9.93. The Morgan fingerprint density at radius 1 is 0.442 bits per heavy atom. The molecule has 0 bridgehead atoms. The van der Waals surface area contributed by atoms with Crippen molar-refractivity contribution in [3.05, 3.63) is 170 Å². The molecule has 0 fully saturated rings. The monoisotopic (exact) mass is 663 g/mol. The molecular formula is C48H29N3O. The molecule has 0 unspecified atom stereocenters. The normalized spacial score (nSPS) is 13.3. The van der Waals surface area contributed by atoms with Gasteiger partial charge in [0.1, 0.15) is 11.2 Å². The second-order valence-corrected chi connectivity index (χ2v) is 13.5. The molecule has 2 aliphatic carbocycles. The van der Waals surface area contributed by atoms with Gasteiger partial charge in [0, 0.05) is 33.0 Å². The van der Waals surface area contributed by atoms with Crippen LogP contribution in [0.4, 0.5) is 0 Å². The van der Waals surface area contributed by atoms with Crippen LogP contribution in [0, 0.1) is 0 Å². The molecule has 4 nitrogen and oxygen atoms in total. The number of hydrogen-bond acceptors (Lipinski definition) is 4. The summed E-state index contributed by atoms with van der Waals surface area (Å²) in [5.74, 6) is 1.93. The van der Waals surface area contributed by atoms with Crippen LogP contribution < -0.4 is 0 Å². The van der Waals surface area contributed by atoms with Gasteiger partial charge in [0.25, 0.3) is 0 Å². The SMILES string of the molecule is C1=CC=C(c2nc(-c3ccc4ccccc4c3)nc(-c3cccc4oc5c(-c6ccc7c8c(cccc68)-c6ccccc6-7)cccc5c34)n2)CC=C1. The minimum atomic E-state index is 0.619. The molecule has 2 aliphatic rings. The molecule has 4 heteroatoms. The number of para-hydroxylation sites is 1. The van der Waals surface area contributed by atoms with Crippen LogP contribution in [0.5, 0.6) is 0 Å². The molecule has 0 amide bonds. The number of furan rings is 1. The number of fused-ring (bicyclic) bond motifs is 7. The second kappa shape index (κ2) is 11.3. The fraction of sp³-hybridized carbons (Fsp3) is 0.0208. The summed E-state index contributed by atoms with van der Waals surface area (Å²) in [5.41, 5.74) is 11.9. The van der Waals surface area contributed by atoms with Crippen molar-refractivity contribution >= 4 is 49.1 Å². The first-order valence-corrected chi connectivity index (χ1v) is 17.7. The number of benzene rings is 7. The Morgan fingerprint density at radius 2 is 1.13 bits per heavy atom. The van der Waals surface area contributed by atoms with E-state index in [1.807, 2.05) is 24.3 Å². The Balaban J connectivity index is 1.13. The predicted molar refractivity (Wildman–Crippen MR) is 214 cm³/mol. The quantitative estimate of drug-likeness (QED) is 0.188. The van der Waals surface area contributed by atoms with E-state index >= 15 is 0 Å². The lowest BCUT2D eigenvalue weighted by Crippen LogP contribution is -2.03. The molecule has 0 aliphatic heterocycles. The maximum Gasteiger partial charge on any atom is 0.164 e. The Hall–Kier alpha value is -6.91. The molecule has 0 radical (unpaired) electrons. The maximum atomic E-state index is 6.81. The van der Waals surface area contributed by atoms with Crippen molar-refractivity contribution in [3.8, 4) is 56.2 Å². The van der Waals surface area contributed by atoms with Crippen LogP contribution in [0.25, 0.3) is 105 Å². The molecule has 2 heterocycles. The van der Waals surface area contributed by atoms with Crippen molar-refractivity contribution in [2.75, 3.05) is 0 Å². The number of allylic oxidation sites excluding steroid dienone is 6. The van der Waals surface area contributed by atoms with E-state index in [9.17, 15) is 0 Å². The van der Waals surface area contributed by atoms with E-state index in [1.165, 1.54) is 38.4 Å². The van der Waals surface area contributed by atoms with Gasteiger partial charge in [-0.1, -0.05) is 152 Å². The first kappa shape index (κ1) is 28.9. The highest BCUT2D eigenvalue weighted by molar-refractivity contribution is 6.21. The van der Waals surface area contributed by atoms with Crippen LogP contribution in [0.1, 0.15) is 12.2 Å². The summed E-state index contributed by atoms with van der Waals surface area (Å²) in [4.78, 5) is 15.4. The summed E-state index contributed by atoms with van der Waals surface area (Å²) in [6, 6.07) is 47.3. The van der Waals surface area contributed by atoms with Crippen LogP contribution in [0.2, 0.25) is 0 Å². The molecule has 0 N–H and O–H groups in total. The summed E-state index contributed by atoms with van der Waals surface area (Å²) in [6.07, 6.45) is 11.1. The third kappa shape index (κ3) is 4.38. The average molecular weight is 664 g/mol. The van der Waals surface area contributed by atoms with Gasteiger partial charge < -0.3 is 4.42 Å². The number of hydrogen-bond donors (Lipinski definition) is 0. The van der Waals surface area contributed by atoms with Gasteiger partial charge in [0.2, 0.25) is 0 Å². The largest absolute Gasteiger partial charge is 0.455 e. The summed E-state index contributed by atoms with van der Waals surface area (Å²) >= 11 is 0.